The van der Waals surface area contributed by atoms with Crippen LogP contribution in [0.1, 0.15) is 15.9 Å². The number of aryl methyl sites for hydroxylation is 1. The van der Waals surface area contributed by atoms with E-state index < -0.39 is 11.6 Å². The molecule has 0 spiro atoms. The van der Waals surface area contributed by atoms with Crippen molar-refractivity contribution in [1.29, 1.82) is 0 Å². The number of nitrogens with zero attached hydrogens (tertiary/aromatic N) is 1. The van der Waals surface area contributed by atoms with E-state index in [1.54, 1.807) is 12.1 Å². The van der Waals surface area contributed by atoms with Gasteiger partial charge in [0.1, 0.15) is 11.6 Å². The predicted octanol–water partition coefficient (Wildman–Crippen LogP) is 3.39. The quantitative estimate of drug-likeness (QED) is 0.790. The summed E-state index contributed by atoms with van der Waals surface area (Å²) in [5, 5.41) is 3.48. The van der Waals surface area contributed by atoms with Crippen molar-refractivity contribution in [2.24, 2.45) is 7.05 Å². The molecular formula is C17H14F2N2O. The molecule has 0 unspecified atom stereocenters. The summed E-state index contributed by atoms with van der Waals surface area (Å²) in [6.07, 6.45) is 1.90. The molecule has 5 heteroatoms. The van der Waals surface area contributed by atoms with Crippen molar-refractivity contribution in [2.45, 2.75) is 6.54 Å². The first-order valence-electron chi connectivity index (χ1n) is 6.82. The number of halogens is 2. The Balaban J connectivity index is 1.78. The van der Waals surface area contributed by atoms with Gasteiger partial charge in [-0.2, -0.15) is 0 Å². The van der Waals surface area contributed by atoms with Crippen molar-refractivity contribution in [1.82, 2.24) is 9.88 Å². The van der Waals surface area contributed by atoms with E-state index in [9.17, 15) is 13.6 Å². The molecule has 0 radical (unpaired) electrons. The Labute approximate surface area is 126 Å². The van der Waals surface area contributed by atoms with Crippen molar-refractivity contribution in [3.05, 3.63) is 71.4 Å². The maximum atomic E-state index is 13.5. The molecule has 0 atom stereocenters. The third-order valence-electron chi connectivity index (χ3n) is 3.63. The van der Waals surface area contributed by atoms with Crippen molar-refractivity contribution in [2.75, 3.05) is 0 Å². The Kier molecular flexibility index (Phi) is 3.63. The Morgan fingerprint density at radius 3 is 2.59 bits per heavy atom. The Morgan fingerprint density at radius 2 is 1.86 bits per heavy atom. The molecule has 22 heavy (non-hydrogen) atoms. The van der Waals surface area contributed by atoms with Crippen LogP contribution in [0.15, 0.2) is 48.7 Å². The Morgan fingerprint density at radius 1 is 1.14 bits per heavy atom. The topological polar surface area (TPSA) is 34.0 Å². The number of hydrogen-bond acceptors (Lipinski definition) is 1. The van der Waals surface area contributed by atoms with Gasteiger partial charge in [-0.3, -0.25) is 4.79 Å². The summed E-state index contributed by atoms with van der Waals surface area (Å²) < 4.78 is 29.0. The normalized spacial score (nSPS) is 10.9. The first-order valence-corrected chi connectivity index (χ1v) is 6.82. The van der Waals surface area contributed by atoms with Gasteiger partial charge in [-0.1, -0.05) is 6.07 Å². The molecule has 0 fully saturated rings. The second-order valence-corrected chi connectivity index (χ2v) is 5.08. The van der Waals surface area contributed by atoms with Crippen LogP contribution in [0, 0.1) is 11.6 Å². The lowest BCUT2D eigenvalue weighted by molar-refractivity contribution is 0.0950. The molecule has 0 aliphatic heterocycles. The SMILES string of the molecule is Cn1ccc2cc(C(=O)NCc3c(F)cccc3F)ccc21. The number of carbonyl (C=O) groups excluding carboxylic acids is 1. The van der Waals surface area contributed by atoms with Crippen LogP contribution in [-0.2, 0) is 13.6 Å². The van der Waals surface area contributed by atoms with E-state index in [0.717, 1.165) is 10.9 Å². The van der Waals surface area contributed by atoms with Crippen LogP contribution in [0.5, 0.6) is 0 Å². The number of fused-ring (bicyclic) bond motifs is 1. The molecule has 1 heterocycles. The van der Waals surface area contributed by atoms with Gasteiger partial charge in [0.05, 0.1) is 0 Å². The highest BCUT2D eigenvalue weighted by Crippen LogP contribution is 2.17. The van der Waals surface area contributed by atoms with E-state index in [0.29, 0.717) is 5.56 Å². The fourth-order valence-electron chi connectivity index (χ4n) is 2.39. The Hall–Kier alpha value is -2.69. The van der Waals surface area contributed by atoms with Crippen LogP contribution in [0.4, 0.5) is 8.78 Å². The number of carbonyl (C=O) groups is 1. The number of hydrogen-bond donors (Lipinski definition) is 1. The zero-order chi connectivity index (χ0) is 15.7. The third-order valence-corrected chi connectivity index (χ3v) is 3.63. The van der Waals surface area contributed by atoms with Crippen LogP contribution in [-0.4, -0.2) is 10.5 Å². The molecule has 112 valence electrons. The van der Waals surface area contributed by atoms with Gasteiger partial charge < -0.3 is 9.88 Å². The number of benzene rings is 2. The summed E-state index contributed by atoms with van der Waals surface area (Å²) >= 11 is 0. The van der Waals surface area contributed by atoms with E-state index in [1.165, 1.54) is 18.2 Å². The fraction of sp³-hybridized carbons (Fsp3) is 0.118. The second-order valence-electron chi connectivity index (χ2n) is 5.08. The van der Waals surface area contributed by atoms with Crippen LogP contribution < -0.4 is 5.32 Å². The van der Waals surface area contributed by atoms with E-state index >= 15 is 0 Å². The minimum Gasteiger partial charge on any atom is -0.351 e. The van der Waals surface area contributed by atoms with Gasteiger partial charge in [-0.15, -0.1) is 0 Å². The minimum absolute atomic E-state index is 0.142. The third kappa shape index (κ3) is 2.57. The molecule has 3 aromatic rings. The Bertz CT molecular complexity index is 835. The molecule has 3 rings (SSSR count). The summed E-state index contributed by atoms with van der Waals surface area (Å²) in [7, 11) is 1.92. The number of rotatable bonds is 3. The maximum absolute atomic E-state index is 13.5. The van der Waals surface area contributed by atoms with Gasteiger partial charge >= 0.3 is 0 Å². The lowest BCUT2D eigenvalue weighted by atomic mass is 10.1. The van der Waals surface area contributed by atoms with Gasteiger partial charge in [0, 0.05) is 41.8 Å². The summed E-state index contributed by atoms with van der Waals surface area (Å²) in [4.78, 5) is 12.1. The van der Waals surface area contributed by atoms with Crippen molar-refractivity contribution < 1.29 is 13.6 Å². The van der Waals surface area contributed by atoms with Crippen molar-refractivity contribution in [3.8, 4) is 0 Å². The van der Waals surface area contributed by atoms with Gasteiger partial charge in [0.2, 0.25) is 0 Å². The number of aromatic nitrogens is 1. The van der Waals surface area contributed by atoms with Gasteiger partial charge in [-0.25, -0.2) is 8.78 Å². The summed E-state index contributed by atoms with van der Waals surface area (Å²) in [5.74, 6) is -1.70. The second kappa shape index (κ2) is 5.60. The van der Waals surface area contributed by atoms with Gasteiger partial charge in [0.15, 0.2) is 0 Å². The van der Waals surface area contributed by atoms with Gasteiger partial charge in [0.25, 0.3) is 5.91 Å². The van der Waals surface area contributed by atoms with E-state index in [1.807, 2.05) is 29.9 Å². The summed E-state index contributed by atoms with van der Waals surface area (Å²) in [6.45, 7) is -0.190. The first kappa shape index (κ1) is 14.3. The monoisotopic (exact) mass is 300 g/mol. The van der Waals surface area contributed by atoms with E-state index in [2.05, 4.69) is 5.32 Å². The van der Waals surface area contributed by atoms with Crippen molar-refractivity contribution in [3.63, 3.8) is 0 Å². The predicted molar refractivity (Wildman–Crippen MR) is 80.4 cm³/mol. The first-order chi connectivity index (χ1) is 10.6. The summed E-state index contributed by atoms with van der Waals surface area (Å²) in [6, 6.07) is 10.8. The molecule has 0 bridgehead atoms. The fourth-order valence-corrected chi connectivity index (χ4v) is 2.39. The molecule has 1 amide bonds. The molecule has 0 saturated heterocycles. The lowest BCUT2D eigenvalue weighted by Crippen LogP contribution is -2.23. The molecular weight excluding hydrogens is 286 g/mol. The molecule has 0 aliphatic carbocycles. The summed E-state index contributed by atoms with van der Waals surface area (Å²) in [5.41, 5.74) is 1.32. The minimum atomic E-state index is -0.668. The largest absolute Gasteiger partial charge is 0.351 e. The molecule has 3 nitrogen and oxygen atoms in total. The van der Waals surface area contributed by atoms with Crippen LogP contribution in [0.25, 0.3) is 10.9 Å². The zero-order valence-corrected chi connectivity index (χ0v) is 11.9. The molecule has 1 N–H and O–H groups in total. The van der Waals surface area contributed by atoms with Crippen LogP contribution in [0.2, 0.25) is 0 Å². The number of amides is 1. The smallest absolute Gasteiger partial charge is 0.251 e. The molecule has 2 aromatic carbocycles. The van der Waals surface area contributed by atoms with Crippen molar-refractivity contribution >= 4 is 16.8 Å². The lowest BCUT2D eigenvalue weighted by Gasteiger charge is -2.08. The number of nitrogens with one attached hydrogen (secondary N) is 1. The molecule has 0 aliphatic rings. The van der Waals surface area contributed by atoms with E-state index in [4.69, 9.17) is 0 Å². The average Bonchev–Trinajstić information content (AvgIpc) is 2.87. The molecule has 1 aromatic heterocycles. The zero-order valence-electron chi connectivity index (χ0n) is 11.9. The highest BCUT2D eigenvalue weighted by Gasteiger charge is 2.11. The maximum Gasteiger partial charge on any atom is 0.251 e. The highest BCUT2D eigenvalue weighted by molar-refractivity contribution is 5.98. The standard InChI is InChI=1S/C17H14F2N2O/c1-21-8-7-11-9-12(5-6-16(11)21)17(22)20-10-13-14(18)3-2-4-15(13)19/h2-9H,10H2,1H3,(H,20,22). The van der Waals surface area contributed by atoms with Gasteiger partial charge in [-0.05, 0) is 36.4 Å². The van der Waals surface area contributed by atoms with Crippen LogP contribution >= 0.6 is 0 Å². The molecule has 0 saturated carbocycles. The van der Waals surface area contributed by atoms with Crippen LogP contribution in [0.3, 0.4) is 0 Å². The average molecular weight is 300 g/mol. The van der Waals surface area contributed by atoms with E-state index in [-0.39, 0.29) is 18.0 Å². The highest BCUT2D eigenvalue weighted by atomic mass is 19.1.